The lowest BCUT2D eigenvalue weighted by molar-refractivity contribution is 0.0383. The van der Waals surface area contributed by atoms with Crippen molar-refractivity contribution in [2.45, 2.75) is 6.92 Å². The molecule has 2 heterocycles. The zero-order valence-electron chi connectivity index (χ0n) is 15.7. The van der Waals surface area contributed by atoms with E-state index in [4.69, 9.17) is 9.47 Å². The van der Waals surface area contributed by atoms with E-state index in [0.29, 0.717) is 29.6 Å². The Bertz CT molecular complexity index is 778. The third-order valence-electron chi connectivity index (χ3n) is 4.26. The minimum Gasteiger partial charge on any atom is -0.495 e. The Kier molecular flexibility index (Phi) is 6.56. The van der Waals surface area contributed by atoms with Crippen LogP contribution in [0.5, 0.6) is 5.75 Å². The van der Waals surface area contributed by atoms with Gasteiger partial charge in [-0.25, -0.2) is 9.97 Å². The molecule has 2 aromatic rings. The van der Waals surface area contributed by atoms with E-state index in [0.717, 1.165) is 38.5 Å². The van der Waals surface area contributed by atoms with E-state index < -0.39 is 0 Å². The van der Waals surface area contributed by atoms with Crippen LogP contribution in [0.4, 0.5) is 11.5 Å². The van der Waals surface area contributed by atoms with Crippen molar-refractivity contribution in [2.75, 3.05) is 51.8 Å². The number of aryl methyl sites for hydroxylation is 1. The first-order chi connectivity index (χ1) is 13.2. The number of aromatic nitrogens is 2. The fraction of sp³-hybridized carbons (Fsp3) is 0.421. The largest absolute Gasteiger partial charge is 0.495 e. The summed E-state index contributed by atoms with van der Waals surface area (Å²) in [5, 5.41) is 6.11. The van der Waals surface area contributed by atoms with Crippen LogP contribution in [0.3, 0.4) is 0 Å². The molecular formula is C19H25N5O3. The molecule has 1 fully saturated rings. The second-order valence-electron chi connectivity index (χ2n) is 6.22. The molecule has 0 spiro atoms. The number of ether oxygens (including phenoxy) is 2. The SMILES string of the molecule is COc1ccccc1Nc1cc(C(=O)NCCN2CCOCC2)nc(C)n1. The van der Waals surface area contributed by atoms with Gasteiger partial charge in [0.25, 0.3) is 5.91 Å². The number of nitrogens with one attached hydrogen (secondary N) is 2. The Balaban J connectivity index is 1.62. The van der Waals surface area contributed by atoms with Gasteiger partial charge in [-0.3, -0.25) is 9.69 Å². The molecule has 0 radical (unpaired) electrons. The number of methoxy groups -OCH3 is 1. The van der Waals surface area contributed by atoms with Crippen LogP contribution in [0.1, 0.15) is 16.3 Å². The fourth-order valence-corrected chi connectivity index (χ4v) is 2.88. The molecule has 8 heteroatoms. The summed E-state index contributed by atoms with van der Waals surface area (Å²) in [6, 6.07) is 9.18. The number of anilines is 2. The number of carbonyl (C=O) groups is 1. The van der Waals surface area contributed by atoms with E-state index in [-0.39, 0.29) is 5.91 Å². The molecule has 0 unspecified atom stereocenters. The van der Waals surface area contributed by atoms with E-state index in [1.807, 2.05) is 24.3 Å². The fourth-order valence-electron chi connectivity index (χ4n) is 2.88. The van der Waals surface area contributed by atoms with Gasteiger partial charge in [-0.15, -0.1) is 0 Å². The molecule has 0 saturated carbocycles. The molecule has 144 valence electrons. The predicted octanol–water partition coefficient (Wildman–Crippen LogP) is 1.60. The monoisotopic (exact) mass is 371 g/mol. The molecule has 8 nitrogen and oxygen atoms in total. The van der Waals surface area contributed by atoms with Gasteiger partial charge in [0.15, 0.2) is 0 Å². The highest BCUT2D eigenvalue weighted by Gasteiger charge is 2.13. The maximum Gasteiger partial charge on any atom is 0.270 e. The van der Waals surface area contributed by atoms with Crippen LogP contribution in [-0.4, -0.2) is 67.3 Å². The van der Waals surface area contributed by atoms with Crippen molar-refractivity contribution in [3.05, 3.63) is 41.9 Å². The topological polar surface area (TPSA) is 88.6 Å². The first-order valence-electron chi connectivity index (χ1n) is 9.00. The van der Waals surface area contributed by atoms with Crippen molar-refractivity contribution >= 4 is 17.4 Å². The van der Waals surface area contributed by atoms with Crippen molar-refractivity contribution in [3.8, 4) is 5.75 Å². The number of benzene rings is 1. The summed E-state index contributed by atoms with van der Waals surface area (Å²) in [6.07, 6.45) is 0. The average molecular weight is 371 g/mol. The molecule has 1 aliphatic rings. The smallest absolute Gasteiger partial charge is 0.270 e. The molecule has 0 atom stereocenters. The second kappa shape index (κ2) is 9.29. The third kappa shape index (κ3) is 5.38. The Morgan fingerprint density at radius 1 is 1.26 bits per heavy atom. The van der Waals surface area contributed by atoms with E-state index in [1.54, 1.807) is 20.1 Å². The first kappa shape index (κ1) is 19.1. The highest BCUT2D eigenvalue weighted by Crippen LogP contribution is 2.26. The van der Waals surface area contributed by atoms with Gasteiger partial charge in [-0.2, -0.15) is 0 Å². The maximum atomic E-state index is 12.5. The number of amides is 1. The van der Waals surface area contributed by atoms with Crippen molar-refractivity contribution in [1.29, 1.82) is 0 Å². The molecule has 1 aromatic carbocycles. The zero-order chi connectivity index (χ0) is 19.1. The number of hydrogen-bond donors (Lipinski definition) is 2. The van der Waals surface area contributed by atoms with Gasteiger partial charge < -0.3 is 20.1 Å². The van der Waals surface area contributed by atoms with Crippen LogP contribution in [0.25, 0.3) is 0 Å². The van der Waals surface area contributed by atoms with Crippen molar-refractivity contribution < 1.29 is 14.3 Å². The lowest BCUT2D eigenvalue weighted by Crippen LogP contribution is -2.41. The van der Waals surface area contributed by atoms with Gasteiger partial charge in [0.1, 0.15) is 23.1 Å². The van der Waals surface area contributed by atoms with Crippen molar-refractivity contribution in [2.24, 2.45) is 0 Å². The Morgan fingerprint density at radius 3 is 2.81 bits per heavy atom. The Morgan fingerprint density at radius 2 is 2.04 bits per heavy atom. The molecular weight excluding hydrogens is 346 g/mol. The number of para-hydroxylation sites is 2. The van der Waals surface area contributed by atoms with E-state index in [9.17, 15) is 4.79 Å². The predicted molar refractivity (Wildman–Crippen MR) is 103 cm³/mol. The van der Waals surface area contributed by atoms with Gasteiger partial charge in [-0.05, 0) is 19.1 Å². The molecule has 2 N–H and O–H groups in total. The number of nitrogens with zero attached hydrogens (tertiary/aromatic N) is 3. The van der Waals surface area contributed by atoms with Crippen molar-refractivity contribution in [1.82, 2.24) is 20.2 Å². The third-order valence-corrected chi connectivity index (χ3v) is 4.26. The van der Waals surface area contributed by atoms with Gasteiger partial charge in [0.2, 0.25) is 0 Å². The summed E-state index contributed by atoms with van der Waals surface area (Å²) >= 11 is 0. The normalized spacial score (nSPS) is 14.6. The lowest BCUT2D eigenvalue weighted by Gasteiger charge is -2.26. The number of rotatable bonds is 7. The highest BCUT2D eigenvalue weighted by atomic mass is 16.5. The minimum absolute atomic E-state index is 0.211. The zero-order valence-corrected chi connectivity index (χ0v) is 15.7. The molecule has 3 rings (SSSR count). The molecule has 1 aromatic heterocycles. The Hall–Kier alpha value is -2.71. The second-order valence-corrected chi connectivity index (χ2v) is 6.22. The number of morpholine rings is 1. The van der Waals surface area contributed by atoms with E-state index in [2.05, 4.69) is 25.5 Å². The first-order valence-corrected chi connectivity index (χ1v) is 9.00. The summed E-state index contributed by atoms with van der Waals surface area (Å²) < 4.78 is 10.7. The molecule has 0 aliphatic carbocycles. The van der Waals surface area contributed by atoms with Crippen molar-refractivity contribution in [3.63, 3.8) is 0 Å². The maximum absolute atomic E-state index is 12.5. The highest BCUT2D eigenvalue weighted by molar-refractivity contribution is 5.93. The molecule has 1 saturated heterocycles. The van der Waals surface area contributed by atoms with Gasteiger partial charge in [-0.1, -0.05) is 12.1 Å². The standard InChI is InChI=1S/C19H25N5O3/c1-14-21-16(19(25)20-7-8-24-9-11-27-12-10-24)13-18(22-14)23-15-5-3-4-6-17(15)26-2/h3-6,13H,7-12H2,1-2H3,(H,20,25)(H,21,22,23). The average Bonchev–Trinajstić information content (AvgIpc) is 2.68. The number of carbonyl (C=O) groups excluding carboxylic acids is 1. The van der Waals surface area contributed by atoms with Crippen LogP contribution >= 0.6 is 0 Å². The Labute approximate surface area is 158 Å². The van der Waals surface area contributed by atoms with Gasteiger partial charge in [0.05, 0.1) is 26.0 Å². The van der Waals surface area contributed by atoms with Crippen LogP contribution in [-0.2, 0) is 4.74 Å². The van der Waals surface area contributed by atoms with Gasteiger partial charge >= 0.3 is 0 Å². The molecule has 27 heavy (non-hydrogen) atoms. The summed E-state index contributed by atoms with van der Waals surface area (Å²) in [4.78, 5) is 23.4. The van der Waals surface area contributed by atoms with Crippen LogP contribution < -0.4 is 15.4 Å². The quantitative estimate of drug-likeness (QED) is 0.764. The summed E-state index contributed by atoms with van der Waals surface area (Å²) in [7, 11) is 1.61. The molecule has 1 aliphatic heterocycles. The minimum atomic E-state index is -0.211. The molecule has 1 amide bonds. The van der Waals surface area contributed by atoms with Crippen LogP contribution in [0.15, 0.2) is 30.3 Å². The summed E-state index contributed by atoms with van der Waals surface area (Å²) in [5.41, 5.74) is 1.11. The van der Waals surface area contributed by atoms with Crippen LogP contribution in [0.2, 0.25) is 0 Å². The summed E-state index contributed by atoms with van der Waals surface area (Å²) in [6.45, 7) is 6.42. The van der Waals surface area contributed by atoms with Crippen LogP contribution in [0, 0.1) is 6.92 Å². The number of hydrogen-bond acceptors (Lipinski definition) is 7. The van der Waals surface area contributed by atoms with Gasteiger partial charge in [0, 0.05) is 32.2 Å². The lowest BCUT2D eigenvalue weighted by atomic mass is 10.3. The summed E-state index contributed by atoms with van der Waals surface area (Å²) in [5.74, 6) is 1.56. The van der Waals surface area contributed by atoms with E-state index in [1.165, 1.54) is 0 Å². The molecule has 0 bridgehead atoms. The van der Waals surface area contributed by atoms with E-state index >= 15 is 0 Å².